The molecule has 0 saturated heterocycles. The predicted octanol–water partition coefficient (Wildman–Crippen LogP) is 2.45. The predicted molar refractivity (Wildman–Crippen MR) is 74.1 cm³/mol. The van der Waals surface area contributed by atoms with E-state index >= 15 is 0 Å². The number of phenols is 1. The molecule has 0 aliphatic heterocycles. The van der Waals surface area contributed by atoms with Gasteiger partial charge in [-0.15, -0.1) is 13.2 Å². The Bertz CT molecular complexity index is 718. The number of hydrogen-bond donors (Lipinski definition) is 2. The molecule has 1 aromatic carbocycles. The zero-order chi connectivity index (χ0) is 16.9. The fourth-order valence-corrected chi connectivity index (χ4v) is 1.56. The van der Waals surface area contributed by atoms with E-state index in [1.54, 1.807) is 6.07 Å². The van der Waals surface area contributed by atoms with Crippen LogP contribution in [-0.2, 0) is 0 Å². The molecule has 1 aromatic heterocycles. The van der Waals surface area contributed by atoms with Crippen LogP contribution in [0, 0.1) is 0 Å². The molecule has 0 unspecified atom stereocenters. The Morgan fingerprint density at radius 2 is 2.13 bits per heavy atom. The molecule has 2 N–H and O–H groups in total. The minimum Gasteiger partial charge on any atom is -0.507 e. The number of hydrogen-bond acceptors (Lipinski definition) is 5. The number of nitrogens with one attached hydrogen (secondary N) is 1. The van der Waals surface area contributed by atoms with E-state index in [1.807, 2.05) is 0 Å². The molecule has 1 amide bonds. The molecule has 0 aliphatic carbocycles. The standard InChI is InChI=1S/C14H10F3N3O3/c15-14(16,17)23-11-3-4-12(21)10(6-11)8-19-20-13(22)9-2-1-5-18-7-9/h1-8,21H,(H,20,22)/b19-8+. The van der Waals surface area contributed by atoms with Gasteiger partial charge in [-0.05, 0) is 30.3 Å². The first-order valence-electron chi connectivity index (χ1n) is 6.17. The number of ether oxygens (including phenoxy) is 1. The molecule has 1 heterocycles. The molecule has 120 valence electrons. The Hall–Kier alpha value is -3.10. The second kappa shape index (κ2) is 6.77. The maximum atomic E-state index is 12.1. The van der Waals surface area contributed by atoms with Crippen LogP contribution in [0.5, 0.6) is 11.5 Å². The second-order valence-corrected chi connectivity index (χ2v) is 4.21. The normalized spacial score (nSPS) is 11.4. The average Bonchev–Trinajstić information content (AvgIpc) is 2.49. The molecule has 6 nitrogen and oxygen atoms in total. The van der Waals surface area contributed by atoms with E-state index < -0.39 is 18.0 Å². The van der Waals surface area contributed by atoms with Crippen LogP contribution in [0.3, 0.4) is 0 Å². The van der Waals surface area contributed by atoms with Gasteiger partial charge in [-0.3, -0.25) is 9.78 Å². The molecule has 0 atom stereocenters. The van der Waals surface area contributed by atoms with Gasteiger partial charge >= 0.3 is 6.36 Å². The summed E-state index contributed by atoms with van der Waals surface area (Å²) in [4.78, 5) is 15.4. The van der Waals surface area contributed by atoms with E-state index in [2.05, 4.69) is 20.2 Å². The molecular weight excluding hydrogens is 315 g/mol. The highest BCUT2D eigenvalue weighted by molar-refractivity contribution is 5.94. The zero-order valence-corrected chi connectivity index (χ0v) is 11.4. The SMILES string of the molecule is O=C(N/N=C/c1cc(OC(F)(F)F)ccc1O)c1cccnc1. The van der Waals surface area contributed by atoms with Gasteiger partial charge in [0.1, 0.15) is 11.5 Å². The van der Waals surface area contributed by atoms with Gasteiger partial charge in [-0.1, -0.05) is 0 Å². The summed E-state index contributed by atoms with van der Waals surface area (Å²) in [6.45, 7) is 0. The molecule has 0 radical (unpaired) electrons. The molecule has 2 aromatic rings. The Kier molecular flexibility index (Phi) is 4.79. The van der Waals surface area contributed by atoms with Crippen LogP contribution in [0.4, 0.5) is 13.2 Å². The fraction of sp³-hybridized carbons (Fsp3) is 0.0714. The van der Waals surface area contributed by atoms with E-state index in [0.717, 1.165) is 24.4 Å². The summed E-state index contributed by atoms with van der Waals surface area (Å²) in [6.07, 6.45) is -1.04. The van der Waals surface area contributed by atoms with E-state index in [-0.39, 0.29) is 16.9 Å². The number of alkyl halides is 3. The number of halogens is 3. The summed E-state index contributed by atoms with van der Waals surface area (Å²) in [5.74, 6) is -1.40. The number of aromatic nitrogens is 1. The Morgan fingerprint density at radius 3 is 2.78 bits per heavy atom. The average molecular weight is 325 g/mol. The molecule has 23 heavy (non-hydrogen) atoms. The fourth-order valence-electron chi connectivity index (χ4n) is 1.56. The number of phenolic OH excluding ortho intramolecular Hbond substituents is 1. The topological polar surface area (TPSA) is 83.8 Å². The quantitative estimate of drug-likeness (QED) is 0.668. The number of nitrogens with zero attached hydrogens (tertiary/aromatic N) is 2. The van der Waals surface area contributed by atoms with Crippen LogP contribution in [-0.4, -0.2) is 28.6 Å². The van der Waals surface area contributed by atoms with Gasteiger partial charge in [-0.25, -0.2) is 5.43 Å². The lowest BCUT2D eigenvalue weighted by molar-refractivity contribution is -0.274. The van der Waals surface area contributed by atoms with Gasteiger partial charge < -0.3 is 9.84 Å². The first-order valence-corrected chi connectivity index (χ1v) is 6.17. The molecule has 0 saturated carbocycles. The van der Waals surface area contributed by atoms with E-state index in [9.17, 15) is 23.1 Å². The largest absolute Gasteiger partial charge is 0.573 e. The van der Waals surface area contributed by atoms with Gasteiger partial charge in [0.05, 0.1) is 11.8 Å². The highest BCUT2D eigenvalue weighted by Crippen LogP contribution is 2.26. The molecule has 0 fully saturated rings. The van der Waals surface area contributed by atoms with Crippen LogP contribution >= 0.6 is 0 Å². The van der Waals surface area contributed by atoms with E-state index in [4.69, 9.17) is 0 Å². The van der Waals surface area contributed by atoms with Gasteiger partial charge in [0.2, 0.25) is 0 Å². The highest BCUT2D eigenvalue weighted by Gasteiger charge is 2.31. The van der Waals surface area contributed by atoms with Gasteiger partial charge in [0.25, 0.3) is 5.91 Å². The highest BCUT2D eigenvalue weighted by atomic mass is 19.4. The van der Waals surface area contributed by atoms with Crippen molar-refractivity contribution in [2.75, 3.05) is 0 Å². The third-order valence-corrected chi connectivity index (χ3v) is 2.53. The van der Waals surface area contributed by atoms with Gasteiger partial charge in [-0.2, -0.15) is 5.10 Å². The monoisotopic (exact) mass is 325 g/mol. The summed E-state index contributed by atoms with van der Waals surface area (Å²) in [6, 6.07) is 5.97. The maximum Gasteiger partial charge on any atom is 0.573 e. The second-order valence-electron chi connectivity index (χ2n) is 4.21. The number of carbonyl (C=O) groups is 1. The van der Waals surface area contributed by atoms with Crippen molar-refractivity contribution in [1.29, 1.82) is 0 Å². The first kappa shape index (κ1) is 16.3. The smallest absolute Gasteiger partial charge is 0.507 e. The van der Waals surface area contributed by atoms with Crippen molar-refractivity contribution in [3.8, 4) is 11.5 Å². The Labute approximate surface area is 128 Å². The number of carbonyl (C=O) groups excluding carboxylic acids is 1. The van der Waals surface area contributed by atoms with Crippen LogP contribution in [0.2, 0.25) is 0 Å². The van der Waals surface area contributed by atoms with Crippen molar-refractivity contribution in [3.05, 3.63) is 53.9 Å². The zero-order valence-electron chi connectivity index (χ0n) is 11.4. The minimum absolute atomic E-state index is 0.0572. The summed E-state index contributed by atoms with van der Waals surface area (Å²) < 4.78 is 40.1. The van der Waals surface area contributed by atoms with Crippen molar-refractivity contribution in [2.24, 2.45) is 5.10 Å². The van der Waals surface area contributed by atoms with Crippen molar-refractivity contribution in [2.45, 2.75) is 6.36 Å². The first-order chi connectivity index (χ1) is 10.8. The van der Waals surface area contributed by atoms with Crippen molar-refractivity contribution < 1.29 is 27.8 Å². The summed E-state index contributed by atoms with van der Waals surface area (Å²) in [5.41, 5.74) is 2.35. The molecule has 0 aliphatic rings. The van der Waals surface area contributed by atoms with Gasteiger partial charge in [0, 0.05) is 18.0 Å². The Morgan fingerprint density at radius 1 is 1.35 bits per heavy atom. The van der Waals surface area contributed by atoms with E-state index in [1.165, 1.54) is 18.5 Å². The summed E-state index contributed by atoms with van der Waals surface area (Å²) in [7, 11) is 0. The number of aromatic hydroxyl groups is 1. The minimum atomic E-state index is -4.85. The van der Waals surface area contributed by atoms with Crippen LogP contribution < -0.4 is 10.2 Å². The molecule has 2 rings (SSSR count). The van der Waals surface area contributed by atoms with Crippen molar-refractivity contribution in [3.63, 3.8) is 0 Å². The lowest BCUT2D eigenvalue weighted by Crippen LogP contribution is -2.18. The Balaban J connectivity index is 2.07. The molecular formula is C14H10F3N3O3. The van der Waals surface area contributed by atoms with Crippen LogP contribution in [0.1, 0.15) is 15.9 Å². The molecule has 9 heteroatoms. The molecule has 0 spiro atoms. The molecule has 0 bridgehead atoms. The summed E-state index contributed by atoms with van der Waals surface area (Å²) >= 11 is 0. The van der Waals surface area contributed by atoms with E-state index in [0.29, 0.717) is 0 Å². The number of benzene rings is 1. The third kappa shape index (κ3) is 4.99. The maximum absolute atomic E-state index is 12.1. The van der Waals surface area contributed by atoms with Crippen LogP contribution in [0.25, 0.3) is 0 Å². The van der Waals surface area contributed by atoms with Crippen molar-refractivity contribution >= 4 is 12.1 Å². The van der Waals surface area contributed by atoms with Crippen LogP contribution in [0.15, 0.2) is 47.8 Å². The summed E-state index contributed by atoms with van der Waals surface area (Å²) in [5, 5.41) is 13.1. The third-order valence-electron chi connectivity index (χ3n) is 2.53. The lowest BCUT2D eigenvalue weighted by atomic mass is 10.2. The lowest BCUT2D eigenvalue weighted by Gasteiger charge is -2.09. The van der Waals surface area contributed by atoms with Gasteiger partial charge in [0.15, 0.2) is 0 Å². The number of amides is 1. The number of hydrazone groups is 1. The number of rotatable bonds is 4. The van der Waals surface area contributed by atoms with Crippen molar-refractivity contribution in [1.82, 2.24) is 10.4 Å². The number of pyridine rings is 1.